The highest BCUT2D eigenvalue weighted by Gasteiger charge is 2.19. The summed E-state index contributed by atoms with van der Waals surface area (Å²) in [6.45, 7) is 7.57. The van der Waals surface area contributed by atoms with Crippen molar-refractivity contribution in [1.29, 1.82) is 0 Å². The second-order valence-electron chi connectivity index (χ2n) is 10.7. The summed E-state index contributed by atoms with van der Waals surface area (Å²) < 4.78 is 10.9. The van der Waals surface area contributed by atoms with Gasteiger partial charge in [-0.3, -0.25) is 4.57 Å². The third-order valence-corrected chi connectivity index (χ3v) is 8.35. The standard InChI is InChI=1S/C38H22N4O/c1-39-25-15-21-31-34(23-25)42(38(40-31)24-9-3-2-4-10-24)27-18-16-26(17-19-27)41-32-13-7-5-12-30(32)36-33(41)22-20-29-28-11-6-8-14-35(28)43-37(29)36/h2-23H. The maximum absolute atomic E-state index is 7.57. The summed E-state index contributed by atoms with van der Waals surface area (Å²) in [4.78, 5) is 8.66. The largest absolute Gasteiger partial charge is 0.455 e. The molecule has 0 bridgehead atoms. The predicted molar refractivity (Wildman–Crippen MR) is 174 cm³/mol. The van der Waals surface area contributed by atoms with Gasteiger partial charge in [0.15, 0.2) is 5.69 Å². The quantitative estimate of drug-likeness (QED) is 0.205. The molecule has 0 amide bonds. The van der Waals surface area contributed by atoms with Gasteiger partial charge in [-0.15, -0.1) is 0 Å². The van der Waals surface area contributed by atoms with Crippen LogP contribution in [0.15, 0.2) is 138 Å². The maximum atomic E-state index is 7.57. The van der Waals surface area contributed by atoms with Crippen molar-refractivity contribution in [3.8, 4) is 22.8 Å². The number of fused-ring (bicyclic) bond motifs is 8. The molecule has 6 aromatic carbocycles. The molecule has 0 fully saturated rings. The van der Waals surface area contributed by atoms with Gasteiger partial charge in [-0.05, 0) is 60.7 Å². The van der Waals surface area contributed by atoms with Gasteiger partial charge in [0.2, 0.25) is 0 Å². The highest BCUT2D eigenvalue weighted by atomic mass is 16.3. The summed E-state index contributed by atoms with van der Waals surface area (Å²) >= 11 is 0. The first-order chi connectivity index (χ1) is 21.3. The van der Waals surface area contributed by atoms with Crippen molar-refractivity contribution in [3.63, 3.8) is 0 Å². The van der Waals surface area contributed by atoms with Gasteiger partial charge in [-0.2, -0.15) is 0 Å². The van der Waals surface area contributed by atoms with Gasteiger partial charge >= 0.3 is 0 Å². The Morgan fingerprint density at radius 3 is 2.12 bits per heavy atom. The van der Waals surface area contributed by atoms with Crippen LogP contribution in [0.5, 0.6) is 0 Å². The number of rotatable bonds is 3. The molecule has 9 aromatic rings. The summed E-state index contributed by atoms with van der Waals surface area (Å²) in [5, 5.41) is 4.53. The molecule has 200 valence electrons. The lowest BCUT2D eigenvalue weighted by atomic mass is 10.1. The molecule has 5 nitrogen and oxygen atoms in total. The van der Waals surface area contributed by atoms with Gasteiger partial charge in [0, 0.05) is 33.1 Å². The van der Waals surface area contributed by atoms with Crippen LogP contribution in [0.1, 0.15) is 0 Å². The van der Waals surface area contributed by atoms with Crippen molar-refractivity contribution in [2.45, 2.75) is 0 Å². The van der Waals surface area contributed by atoms with Crippen LogP contribution >= 0.6 is 0 Å². The Labute approximate surface area is 246 Å². The fourth-order valence-corrected chi connectivity index (χ4v) is 6.44. The lowest BCUT2D eigenvalue weighted by Gasteiger charge is -2.12. The third-order valence-electron chi connectivity index (χ3n) is 8.35. The molecule has 0 unspecified atom stereocenters. The molecule has 3 heterocycles. The van der Waals surface area contributed by atoms with E-state index in [9.17, 15) is 0 Å². The van der Waals surface area contributed by atoms with Crippen molar-refractivity contribution in [1.82, 2.24) is 14.1 Å². The monoisotopic (exact) mass is 550 g/mol. The molecule has 0 saturated carbocycles. The van der Waals surface area contributed by atoms with Gasteiger partial charge in [0.25, 0.3) is 0 Å². The number of aromatic nitrogens is 3. The second kappa shape index (κ2) is 8.94. The predicted octanol–water partition coefficient (Wildman–Crippen LogP) is 10.2. The Bertz CT molecular complexity index is 2560. The normalized spacial score (nSPS) is 11.7. The molecular formula is C38H22N4O. The molecule has 0 aliphatic heterocycles. The Hall–Kier alpha value is -6.12. The van der Waals surface area contributed by atoms with Crippen molar-refractivity contribution in [2.75, 3.05) is 0 Å². The smallest absolute Gasteiger partial charge is 0.189 e. The van der Waals surface area contributed by atoms with E-state index in [2.05, 4.69) is 98.9 Å². The van der Waals surface area contributed by atoms with Crippen molar-refractivity contribution >= 4 is 60.5 Å². The number of hydrogen-bond acceptors (Lipinski definition) is 2. The number of imidazole rings is 1. The van der Waals surface area contributed by atoms with Crippen LogP contribution in [0, 0.1) is 6.57 Å². The Kier molecular flexibility index (Phi) is 4.90. The van der Waals surface area contributed by atoms with Crippen LogP contribution in [0.2, 0.25) is 0 Å². The van der Waals surface area contributed by atoms with Gasteiger partial charge < -0.3 is 8.98 Å². The highest BCUT2D eigenvalue weighted by molar-refractivity contribution is 6.23. The van der Waals surface area contributed by atoms with Gasteiger partial charge in [-0.1, -0.05) is 72.8 Å². The number of para-hydroxylation sites is 2. The first kappa shape index (κ1) is 23.6. The molecule has 0 N–H and O–H groups in total. The molecule has 0 atom stereocenters. The number of furan rings is 1. The van der Waals surface area contributed by atoms with E-state index in [-0.39, 0.29) is 0 Å². The highest BCUT2D eigenvalue weighted by Crippen LogP contribution is 2.40. The second-order valence-corrected chi connectivity index (χ2v) is 10.7. The van der Waals surface area contributed by atoms with E-state index in [0.717, 1.165) is 77.5 Å². The van der Waals surface area contributed by atoms with Crippen LogP contribution in [0.25, 0.3) is 82.4 Å². The molecule has 0 radical (unpaired) electrons. The minimum atomic E-state index is 0.590. The summed E-state index contributed by atoms with van der Waals surface area (Å²) in [7, 11) is 0. The summed E-state index contributed by atoms with van der Waals surface area (Å²) in [6, 6.07) is 45.5. The Morgan fingerprint density at radius 1 is 0.581 bits per heavy atom. The lowest BCUT2D eigenvalue weighted by Crippen LogP contribution is -1.99. The Balaban J connectivity index is 1.27. The van der Waals surface area contributed by atoms with Crippen molar-refractivity contribution in [3.05, 3.63) is 145 Å². The van der Waals surface area contributed by atoms with E-state index in [1.54, 1.807) is 0 Å². The molecule has 0 saturated heterocycles. The molecular weight excluding hydrogens is 528 g/mol. The van der Waals surface area contributed by atoms with Crippen LogP contribution in [-0.4, -0.2) is 14.1 Å². The topological polar surface area (TPSA) is 40.2 Å². The molecule has 3 aromatic heterocycles. The SMILES string of the molecule is [C-]#[N+]c1ccc2nc(-c3ccccc3)n(-c3ccc(-n4c5ccccc5c5c6oc7ccccc7c6ccc54)cc3)c2c1. The lowest BCUT2D eigenvalue weighted by molar-refractivity contribution is 0.673. The number of benzene rings is 6. The van der Waals surface area contributed by atoms with E-state index < -0.39 is 0 Å². The molecule has 0 aliphatic carbocycles. The van der Waals surface area contributed by atoms with E-state index in [1.165, 1.54) is 0 Å². The van der Waals surface area contributed by atoms with Gasteiger partial charge in [0.05, 0.1) is 34.0 Å². The minimum absolute atomic E-state index is 0.590. The zero-order chi connectivity index (χ0) is 28.5. The summed E-state index contributed by atoms with van der Waals surface area (Å²) in [6.07, 6.45) is 0. The van der Waals surface area contributed by atoms with E-state index in [1.807, 2.05) is 48.5 Å². The molecule has 0 aliphatic rings. The minimum Gasteiger partial charge on any atom is -0.455 e. The maximum Gasteiger partial charge on any atom is 0.189 e. The molecule has 43 heavy (non-hydrogen) atoms. The molecule has 5 heteroatoms. The van der Waals surface area contributed by atoms with E-state index in [4.69, 9.17) is 16.0 Å². The average Bonchev–Trinajstić information content (AvgIpc) is 3.74. The third kappa shape index (κ3) is 3.41. The molecule has 9 rings (SSSR count). The fourth-order valence-electron chi connectivity index (χ4n) is 6.44. The van der Waals surface area contributed by atoms with E-state index >= 15 is 0 Å². The van der Waals surface area contributed by atoms with Crippen molar-refractivity contribution < 1.29 is 4.42 Å². The van der Waals surface area contributed by atoms with E-state index in [0.29, 0.717) is 5.69 Å². The first-order valence-corrected chi connectivity index (χ1v) is 14.2. The Morgan fingerprint density at radius 2 is 1.30 bits per heavy atom. The summed E-state index contributed by atoms with van der Waals surface area (Å²) in [5.41, 5.74) is 9.43. The van der Waals surface area contributed by atoms with Crippen LogP contribution in [-0.2, 0) is 0 Å². The first-order valence-electron chi connectivity index (χ1n) is 14.2. The van der Waals surface area contributed by atoms with Gasteiger partial charge in [0.1, 0.15) is 17.0 Å². The van der Waals surface area contributed by atoms with Crippen LogP contribution < -0.4 is 0 Å². The summed E-state index contributed by atoms with van der Waals surface area (Å²) in [5.74, 6) is 0.842. The van der Waals surface area contributed by atoms with Crippen LogP contribution in [0.4, 0.5) is 5.69 Å². The zero-order valence-electron chi connectivity index (χ0n) is 22.9. The average molecular weight is 551 g/mol. The van der Waals surface area contributed by atoms with Crippen LogP contribution in [0.3, 0.4) is 0 Å². The number of hydrogen-bond donors (Lipinski definition) is 0. The fraction of sp³-hybridized carbons (Fsp3) is 0. The number of nitrogens with zero attached hydrogens (tertiary/aromatic N) is 4. The molecule has 0 spiro atoms. The van der Waals surface area contributed by atoms with Crippen molar-refractivity contribution in [2.24, 2.45) is 0 Å². The van der Waals surface area contributed by atoms with Gasteiger partial charge in [-0.25, -0.2) is 9.83 Å². The zero-order valence-corrected chi connectivity index (χ0v) is 22.9.